The molecule has 0 saturated heterocycles. The number of aliphatic hydroxyl groups excluding tert-OH is 2. The van der Waals surface area contributed by atoms with Crippen LogP contribution in [0.4, 0.5) is 0 Å². The zero-order valence-electron chi connectivity index (χ0n) is 15.1. The fourth-order valence-electron chi connectivity index (χ4n) is 2.90. The first kappa shape index (κ1) is 19.9. The monoisotopic (exact) mass is 358 g/mol. The number of carbonyl (C=O) groups is 1. The molecule has 26 heavy (non-hydrogen) atoms. The van der Waals surface area contributed by atoms with Gasteiger partial charge >= 0.3 is 0 Å². The molecule has 2 rings (SSSR count). The number of hydrogen-bond donors (Lipinski definition) is 5. The Hall–Kier alpha value is -2.41. The summed E-state index contributed by atoms with van der Waals surface area (Å²) in [6.45, 7) is 1.66. The van der Waals surface area contributed by atoms with E-state index in [0.717, 1.165) is 17.5 Å². The second-order valence-electron chi connectivity index (χ2n) is 6.33. The molecule has 0 fully saturated rings. The number of rotatable bonds is 8. The van der Waals surface area contributed by atoms with Crippen molar-refractivity contribution in [2.24, 2.45) is 0 Å². The average Bonchev–Trinajstić information content (AvgIpc) is 2.66. The maximum absolute atomic E-state index is 11.6. The number of phenols is 1. The largest absolute Gasteiger partial charge is 0.508 e. The summed E-state index contributed by atoms with van der Waals surface area (Å²) in [5.41, 5.74) is 2.93. The smallest absolute Gasteiger partial charge is 0.251 e. The molecule has 0 aliphatic heterocycles. The molecule has 0 bridgehead atoms. The van der Waals surface area contributed by atoms with E-state index >= 15 is 0 Å². The van der Waals surface area contributed by atoms with Crippen LogP contribution in [0.3, 0.4) is 0 Å². The summed E-state index contributed by atoms with van der Waals surface area (Å²) in [4.78, 5) is 11.6. The summed E-state index contributed by atoms with van der Waals surface area (Å²) >= 11 is 0. The first-order chi connectivity index (χ1) is 12.5. The Morgan fingerprint density at radius 2 is 1.81 bits per heavy atom. The van der Waals surface area contributed by atoms with Gasteiger partial charge in [-0.2, -0.15) is 0 Å². The fourth-order valence-corrected chi connectivity index (χ4v) is 2.90. The van der Waals surface area contributed by atoms with Gasteiger partial charge in [0.1, 0.15) is 5.75 Å². The van der Waals surface area contributed by atoms with Gasteiger partial charge in [-0.15, -0.1) is 0 Å². The lowest BCUT2D eigenvalue weighted by atomic mass is 10.0. The summed E-state index contributed by atoms with van der Waals surface area (Å²) in [5.74, 6) is -0.0766. The molecule has 2 aromatic rings. The van der Waals surface area contributed by atoms with Crippen LogP contribution >= 0.6 is 0 Å². The van der Waals surface area contributed by atoms with Gasteiger partial charge in [0.15, 0.2) is 0 Å². The number of aliphatic hydroxyl groups is 2. The van der Waals surface area contributed by atoms with Crippen molar-refractivity contribution >= 4 is 5.91 Å². The summed E-state index contributed by atoms with van der Waals surface area (Å²) in [7, 11) is 1.60. The highest BCUT2D eigenvalue weighted by Gasteiger charge is 2.15. The van der Waals surface area contributed by atoms with Crippen LogP contribution in [0.25, 0.3) is 0 Å². The summed E-state index contributed by atoms with van der Waals surface area (Å²) < 4.78 is 0. The van der Waals surface area contributed by atoms with Crippen molar-refractivity contribution in [1.29, 1.82) is 0 Å². The number of amides is 1. The minimum absolute atomic E-state index is 0.0391. The van der Waals surface area contributed by atoms with Gasteiger partial charge in [-0.3, -0.25) is 4.79 Å². The minimum Gasteiger partial charge on any atom is -0.508 e. The number of benzene rings is 2. The maximum atomic E-state index is 11.6. The Labute approximate surface area is 153 Å². The van der Waals surface area contributed by atoms with E-state index in [4.69, 9.17) is 0 Å². The molecule has 0 spiro atoms. The van der Waals surface area contributed by atoms with Gasteiger partial charge < -0.3 is 26.0 Å². The highest BCUT2D eigenvalue weighted by molar-refractivity contribution is 5.93. The Kier molecular flexibility index (Phi) is 7.15. The lowest BCUT2D eigenvalue weighted by Gasteiger charge is -2.23. The highest BCUT2D eigenvalue weighted by Crippen LogP contribution is 2.23. The Morgan fingerprint density at radius 1 is 1.12 bits per heavy atom. The van der Waals surface area contributed by atoms with Gasteiger partial charge in [0, 0.05) is 24.2 Å². The maximum Gasteiger partial charge on any atom is 0.251 e. The van der Waals surface area contributed by atoms with Gasteiger partial charge in [0.2, 0.25) is 0 Å². The van der Waals surface area contributed by atoms with Crippen LogP contribution in [0.1, 0.15) is 40.0 Å². The topological polar surface area (TPSA) is 102 Å². The van der Waals surface area contributed by atoms with Crippen molar-refractivity contribution < 1.29 is 20.1 Å². The predicted molar refractivity (Wildman–Crippen MR) is 100.0 cm³/mol. The first-order valence-corrected chi connectivity index (χ1v) is 8.59. The molecule has 0 aliphatic carbocycles. The number of aromatic hydroxyl groups is 1. The van der Waals surface area contributed by atoms with Gasteiger partial charge in [-0.1, -0.05) is 18.2 Å². The average molecular weight is 358 g/mol. The van der Waals surface area contributed by atoms with Crippen LogP contribution in [0.15, 0.2) is 42.5 Å². The molecule has 0 radical (unpaired) electrons. The minimum atomic E-state index is -0.305. The third-order valence-electron chi connectivity index (χ3n) is 4.33. The Bertz CT molecular complexity index is 731. The van der Waals surface area contributed by atoms with Crippen LogP contribution in [0.2, 0.25) is 0 Å². The van der Waals surface area contributed by atoms with Crippen molar-refractivity contribution in [2.75, 3.05) is 13.7 Å². The van der Waals surface area contributed by atoms with E-state index in [9.17, 15) is 20.1 Å². The van der Waals surface area contributed by atoms with Crippen LogP contribution in [0, 0.1) is 0 Å². The van der Waals surface area contributed by atoms with Crippen LogP contribution < -0.4 is 10.6 Å². The van der Waals surface area contributed by atoms with Crippen LogP contribution in [0.5, 0.6) is 5.75 Å². The van der Waals surface area contributed by atoms with Crippen molar-refractivity contribution in [3.8, 4) is 5.75 Å². The molecule has 6 heteroatoms. The van der Waals surface area contributed by atoms with Gasteiger partial charge in [-0.05, 0) is 48.7 Å². The standard InChI is InChI=1S/C20H26N2O4/c1-13(9-14-3-5-15(6-4-14)20(26)21-2)22-18(12-24)16-7-8-19(25)17(10-16)11-23/h3-8,10,13,18,22-25H,9,11-12H2,1-2H3,(H,21,26). The lowest BCUT2D eigenvalue weighted by Crippen LogP contribution is -2.34. The van der Waals surface area contributed by atoms with E-state index < -0.39 is 0 Å². The molecule has 1 amide bonds. The zero-order valence-corrected chi connectivity index (χ0v) is 15.1. The molecule has 0 saturated carbocycles. The molecular weight excluding hydrogens is 332 g/mol. The van der Waals surface area contributed by atoms with E-state index in [1.54, 1.807) is 31.3 Å². The molecule has 0 aliphatic rings. The SMILES string of the molecule is CNC(=O)c1ccc(CC(C)NC(CO)c2ccc(O)c(CO)c2)cc1. The van der Waals surface area contributed by atoms with E-state index in [1.807, 2.05) is 19.1 Å². The van der Waals surface area contributed by atoms with Crippen molar-refractivity contribution in [3.05, 3.63) is 64.7 Å². The van der Waals surface area contributed by atoms with E-state index in [2.05, 4.69) is 10.6 Å². The molecule has 0 heterocycles. The summed E-state index contributed by atoms with van der Waals surface area (Å²) in [6, 6.07) is 12.1. The molecule has 2 atom stereocenters. The van der Waals surface area contributed by atoms with E-state index in [-0.39, 0.29) is 37.0 Å². The third kappa shape index (κ3) is 5.05. The lowest BCUT2D eigenvalue weighted by molar-refractivity contribution is 0.0963. The molecule has 2 aromatic carbocycles. The fraction of sp³-hybridized carbons (Fsp3) is 0.350. The van der Waals surface area contributed by atoms with Gasteiger partial charge in [0.05, 0.1) is 19.3 Å². The molecule has 6 nitrogen and oxygen atoms in total. The van der Waals surface area contributed by atoms with Crippen LogP contribution in [-0.4, -0.2) is 40.9 Å². The molecule has 140 valence electrons. The highest BCUT2D eigenvalue weighted by atomic mass is 16.3. The van der Waals surface area contributed by atoms with E-state index in [1.165, 1.54) is 6.07 Å². The van der Waals surface area contributed by atoms with Crippen molar-refractivity contribution in [2.45, 2.75) is 32.0 Å². The second kappa shape index (κ2) is 9.33. The quantitative estimate of drug-likeness (QED) is 0.492. The number of hydrogen-bond acceptors (Lipinski definition) is 5. The van der Waals surface area contributed by atoms with E-state index in [0.29, 0.717) is 11.1 Å². The zero-order chi connectivity index (χ0) is 19.1. The second-order valence-corrected chi connectivity index (χ2v) is 6.33. The number of carbonyl (C=O) groups excluding carboxylic acids is 1. The normalized spacial score (nSPS) is 13.2. The van der Waals surface area contributed by atoms with Gasteiger partial charge in [0.25, 0.3) is 5.91 Å². The van der Waals surface area contributed by atoms with Crippen molar-refractivity contribution in [1.82, 2.24) is 10.6 Å². The molecule has 5 N–H and O–H groups in total. The third-order valence-corrected chi connectivity index (χ3v) is 4.33. The van der Waals surface area contributed by atoms with Crippen molar-refractivity contribution in [3.63, 3.8) is 0 Å². The predicted octanol–water partition coefficient (Wildman–Crippen LogP) is 1.50. The van der Waals surface area contributed by atoms with Crippen LogP contribution in [-0.2, 0) is 13.0 Å². The molecule has 2 unspecified atom stereocenters. The molecule has 0 aromatic heterocycles. The summed E-state index contributed by atoms with van der Waals surface area (Å²) in [6.07, 6.45) is 0.732. The number of nitrogens with one attached hydrogen (secondary N) is 2. The molecular formula is C20H26N2O4. The first-order valence-electron chi connectivity index (χ1n) is 8.59. The Morgan fingerprint density at radius 3 is 2.38 bits per heavy atom. The summed E-state index contributed by atoms with van der Waals surface area (Å²) in [5, 5.41) is 34.6. The Balaban J connectivity index is 2.02. The van der Waals surface area contributed by atoms with Gasteiger partial charge in [-0.25, -0.2) is 0 Å².